The van der Waals surface area contributed by atoms with Crippen LogP contribution in [0.2, 0.25) is 0 Å². The molecule has 0 radical (unpaired) electrons. The summed E-state index contributed by atoms with van der Waals surface area (Å²) in [7, 11) is 0. The maximum absolute atomic E-state index is 12.4. The van der Waals surface area contributed by atoms with Crippen molar-refractivity contribution in [1.82, 2.24) is 4.90 Å². The lowest BCUT2D eigenvalue weighted by Gasteiger charge is -2.22. The zero-order valence-electron chi connectivity index (χ0n) is 12.8. The number of likely N-dealkylation sites (tertiary alicyclic amines) is 1. The predicted molar refractivity (Wildman–Crippen MR) is 83.8 cm³/mol. The van der Waals surface area contributed by atoms with E-state index in [0.717, 1.165) is 30.5 Å². The van der Waals surface area contributed by atoms with E-state index < -0.39 is 5.97 Å². The fourth-order valence-corrected chi connectivity index (χ4v) is 3.83. The van der Waals surface area contributed by atoms with Crippen LogP contribution in [0.3, 0.4) is 0 Å². The largest absolute Gasteiger partial charge is 0.478 e. The van der Waals surface area contributed by atoms with Crippen LogP contribution in [0.25, 0.3) is 0 Å². The Labute approximate surface area is 131 Å². The number of aryl methyl sites for hydroxylation is 1. The van der Waals surface area contributed by atoms with Crippen molar-refractivity contribution in [2.75, 3.05) is 13.1 Å². The third-order valence-electron chi connectivity index (χ3n) is 5.16. The van der Waals surface area contributed by atoms with Gasteiger partial charge in [0.25, 0.3) is 0 Å². The topological polar surface area (TPSA) is 57.6 Å². The van der Waals surface area contributed by atoms with Crippen LogP contribution in [0.15, 0.2) is 24.3 Å². The number of aromatic carboxylic acids is 1. The molecule has 1 aromatic rings. The van der Waals surface area contributed by atoms with Crippen LogP contribution in [-0.2, 0) is 11.2 Å². The van der Waals surface area contributed by atoms with Crippen LogP contribution < -0.4 is 0 Å². The Hall–Kier alpha value is -1.84. The molecule has 4 nitrogen and oxygen atoms in total. The summed E-state index contributed by atoms with van der Waals surface area (Å²) < 4.78 is 0. The van der Waals surface area contributed by atoms with Gasteiger partial charge in [0.15, 0.2) is 0 Å². The molecule has 22 heavy (non-hydrogen) atoms. The summed E-state index contributed by atoms with van der Waals surface area (Å²) >= 11 is 0. The van der Waals surface area contributed by atoms with Gasteiger partial charge >= 0.3 is 5.97 Å². The van der Waals surface area contributed by atoms with Crippen molar-refractivity contribution in [3.8, 4) is 0 Å². The second-order valence-corrected chi connectivity index (χ2v) is 6.61. The maximum Gasteiger partial charge on any atom is 0.335 e. The van der Waals surface area contributed by atoms with Crippen LogP contribution >= 0.6 is 0 Å². The average molecular weight is 301 g/mol. The minimum atomic E-state index is -0.915. The van der Waals surface area contributed by atoms with Crippen LogP contribution in [0.5, 0.6) is 0 Å². The molecule has 1 aliphatic heterocycles. The summed E-state index contributed by atoms with van der Waals surface area (Å²) in [5.41, 5.74) is 1.31. The van der Waals surface area contributed by atoms with E-state index in [4.69, 9.17) is 5.11 Å². The molecular formula is C18H23NO3. The molecule has 3 rings (SSSR count). The van der Waals surface area contributed by atoms with Crippen molar-refractivity contribution in [3.05, 3.63) is 35.4 Å². The van der Waals surface area contributed by atoms with Crippen LogP contribution in [0.4, 0.5) is 0 Å². The van der Waals surface area contributed by atoms with E-state index in [-0.39, 0.29) is 5.91 Å². The molecule has 2 unspecified atom stereocenters. The Morgan fingerprint density at radius 3 is 2.18 bits per heavy atom. The van der Waals surface area contributed by atoms with Gasteiger partial charge in [0.05, 0.1) is 5.56 Å². The Balaban J connectivity index is 1.51. The monoisotopic (exact) mass is 301 g/mol. The molecule has 1 aromatic carbocycles. The van der Waals surface area contributed by atoms with E-state index in [2.05, 4.69) is 0 Å². The van der Waals surface area contributed by atoms with Gasteiger partial charge in [0.1, 0.15) is 0 Å². The highest BCUT2D eigenvalue weighted by Gasteiger charge is 2.35. The number of hydrogen-bond donors (Lipinski definition) is 1. The lowest BCUT2D eigenvalue weighted by atomic mass is 9.82. The zero-order chi connectivity index (χ0) is 15.5. The standard InChI is InChI=1S/C18H23NO3/c20-17(19-11-15-3-1-2-4-16(15)12-19)10-7-13-5-8-14(9-6-13)18(21)22/h5-6,8-9,15-16H,1-4,7,10-12H2,(H,21,22). The summed E-state index contributed by atoms with van der Waals surface area (Å²) in [5.74, 6) is 0.791. The second-order valence-electron chi connectivity index (χ2n) is 6.61. The molecule has 118 valence electrons. The summed E-state index contributed by atoms with van der Waals surface area (Å²) in [5, 5.41) is 8.88. The van der Waals surface area contributed by atoms with Gasteiger partial charge in [-0.2, -0.15) is 0 Å². The molecule has 2 atom stereocenters. The highest BCUT2D eigenvalue weighted by atomic mass is 16.4. The molecule has 1 aliphatic carbocycles. The van der Waals surface area contributed by atoms with E-state index >= 15 is 0 Å². The zero-order valence-corrected chi connectivity index (χ0v) is 12.8. The molecule has 1 amide bonds. The third-order valence-corrected chi connectivity index (χ3v) is 5.16. The number of nitrogens with zero attached hydrogens (tertiary/aromatic N) is 1. The summed E-state index contributed by atoms with van der Waals surface area (Å²) in [4.78, 5) is 25.2. The van der Waals surface area contributed by atoms with Crippen LogP contribution in [-0.4, -0.2) is 35.0 Å². The van der Waals surface area contributed by atoms with Gasteiger partial charge in [-0.05, 0) is 48.8 Å². The summed E-state index contributed by atoms with van der Waals surface area (Å²) in [6.07, 6.45) is 6.41. The number of carboxylic acids is 1. The van der Waals surface area contributed by atoms with Crippen LogP contribution in [0.1, 0.15) is 48.0 Å². The number of rotatable bonds is 4. The fourth-order valence-electron chi connectivity index (χ4n) is 3.83. The smallest absolute Gasteiger partial charge is 0.335 e. The Bertz CT molecular complexity index is 538. The molecule has 4 heteroatoms. The van der Waals surface area contributed by atoms with Crippen molar-refractivity contribution in [1.29, 1.82) is 0 Å². The molecule has 1 heterocycles. The number of carbonyl (C=O) groups excluding carboxylic acids is 1. The van der Waals surface area contributed by atoms with Gasteiger partial charge in [0.2, 0.25) is 5.91 Å². The summed E-state index contributed by atoms with van der Waals surface area (Å²) in [6.45, 7) is 1.89. The average Bonchev–Trinajstić information content (AvgIpc) is 2.97. The van der Waals surface area contributed by atoms with Crippen molar-refractivity contribution >= 4 is 11.9 Å². The van der Waals surface area contributed by atoms with Gasteiger partial charge < -0.3 is 10.0 Å². The second kappa shape index (κ2) is 6.51. The minimum Gasteiger partial charge on any atom is -0.478 e. The third kappa shape index (κ3) is 3.32. The first-order chi connectivity index (χ1) is 10.6. The number of benzene rings is 1. The molecule has 1 N–H and O–H groups in total. The van der Waals surface area contributed by atoms with Crippen molar-refractivity contribution in [2.45, 2.75) is 38.5 Å². The number of hydrogen-bond acceptors (Lipinski definition) is 2. The van der Waals surface area contributed by atoms with E-state index in [1.54, 1.807) is 24.3 Å². The molecule has 1 saturated heterocycles. The van der Waals surface area contributed by atoms with Crippen molar-refractivity contribution in [2.24, 2.45) is 11.8 Å². The van der Waals surface area contributed by atoms with Gasteiger partial charge in [-0.15, -0.1) is 0 Å². The van der Waals surface area contributed by atoms with Gasteiger partial charge in [-0.1, -0.05) is 25.0 Å². The molecule has 2 fully saturated rings. The number of fused-ring (bicyclic) bond motifs is 1. The lowest BCUT2D eigenvalue weighted by molar-refractivity contribution is -0.130. The Morgan fingerprint density at radius 1 is 1.05 bits per heavy atom. The molecule has 0 spiro atoms. The highest BCUT2D eigenvalue weighted by Crippen LogP contribution is 2.36. The van der Waals surface area contributed by atoms with Gasteiger partial charge in [0, 0.05) is 19.5 Å². The lowest BCUT2D eigenvalue weighted by Crippen LogP contribution is -2.29. The van der Waals surface area contributed by atoms with E-state index in [1.165, 1.54) is 25.7 Å². The Morgan fingerprint density at radius 2 is 1.64 bits per heavy atom. The molecular weight excluding hydrogens is 278 g/mol. The van der Waals surface area contributed by atoms with Gasteiger partial charge in [-0.25, -0.2) is 4.79 Å². The molecule has 1 saturated carbocycles. The normalized spacial score (nSPS) is 24.1. The first-order valence-corrected chi connectivity index (χ1v) is 8.23. The van der Waals surface area contributed by atoms with E-state index in [1.807, 2.05) is 4.90 Å². The quantitative estimate of drug-likeness (QED) is 0.930. The Kier molecular flexibility index (Phi) is 4.46. The number of amides is 1. The number of carbonyl (C=O) groups is 2. The first kappa shape index (κ1) is 15.1. The highest BCUT2D eigenvalue weighted by molar-refractivity contribution is 5.87. The van der Waals surface area contributed by atoms with Gasteiger partial charge in [-0.3, -0.25) is 4.79 Å². The summed E-state index contributed by atoms with van der Waals surface area (Å²) in [6, 6.07) is 6.82. The molecule has 0 bridgehead atoms. The fraction of sp³-hybridized carbons (Fsp3) is 0.556. The first-order valence-electron chi connectivity index (χ1n) is 8.23. The predicted octanol–water partition coefficient (Wildman–Crippen LogP) is 2.97. The molecule has 0 aromatic heterocycles. The number of carboxylic acid groups (broad SMARTS) is 1. The maximum atomic E-state index is 12.4. The minimum absolute atomic E-state index is 0.247. The van der Waals surface area contributed by atoms with Crippen molar-refractivity contribution < 1.29 is 14.7 Å². The molecule has 2 aliphatic rings. The van der Waals surface area contributed by atoms with Crippen molar-refractivity contribution in [3.63, 3.8) is 0 Å². The van der Waals surface area contributed by atoms with E-state index in [9.17, 15) is 9.59 Å². The SMILES string of the molecule is O=C(O)c1ccc(CCC(=O)N2CC3CCCCC3C2)cc1. The van der Waals surface area contributed by atoms with E-state index in [0.29, 0.717) is 18.4 Å². The van der Waals surface area contributed by atoms with Crippen LogP contribution in [0, 0.1) is 11.8 Å².